The SMILES string of the molecule is CCNC1CCN(C2CCOC3(CCSC3)C2)CC1CC. The number of ether oxygens (including phenoxy) is 1. The molecule has 3 aliphatic rings. The Hall–Kier alpha value is 0.230. The minimum Gasteiger partial charge on any atom is -0.374 e. The predicted molar refractivity (Wildman–Crippen MR) is 91.1 cm³/mol. The molecule has 3 saturated heterocycles. The first-order chi connectivity index (χ1) is 10.3. The van der Waals surface area contributed by atoms with Crippen LogP contribution in [0.4, 0.5) is 0 Å². The summed E-state index contributed by atoms with van der Waals surface area (Å²) in [6.07, 6.45) is 6.43. The second-order valence-electron chi connectivity index (χ2n) is 7.10. The van der Waals surface area contributed by atoms with E-state index in [1.807, 2.05) is 0 Å². The molecule has 3 aliphatic heterocycles. The molecule has 1 spiro atoms. The van der Waals surface area contributed by atoms with Gasteiger partial charge in [0.2, 0.25) is 0 Å². The van der Waals surface area contributed by atoms with Crippen LogP contribution in [0.2, 0.25) is 0 Å². The summed E-state index contributed by atoms with van der Waals surface area (Å²) >= 11 is 2.09. The minimum atomic E-state index is 0.230. The lowest BCUT2D eigenvalue weighted by molar-refractivity contribution is -0.0952. The molecule has 0 aromatic carbocycles. The van der Waals surface area contributed by atoms with Crippen molar-refractivity contribution in [1.29, 1.82) is 0 Å². The average molecular weight is 313 g/mol. The summed E-state index contributed by atoms with van der Waals surface area (Å²) in [5.74, 6) is 3.36. The van der Waals surface area contributed by atoms with E-state index in [2.05, 4.69) is 35.8 Å². The molecule has 0 amide bonds. The predicted octanol–water partition coefficient (Wildman–Crippen LogP) is 2.75. The smallest absolute Gasteiger partial charge is 0.0795 e. The van der Waals surface area contributed by atoms with Crippen LogP contribution in [0, 0.1) is 5.92 Å². The summed E-state index contributed by atoms with van der Waals surface area (Å²) in [5, 5.41) is 3.70. The van der Waals surface area contributed by atoms with Gasteiger partial charge in [0, 0.05) is 31.0 Å². The number of rotatable bonds is 4. The van der Waals surface area contributed by atoms with Gasteiger partial charge < -0.3 is 10.1 Å². The Kier molecular flexibility index (Phi) is 5.52. The van der Waals surface area contributed by atoms with Gasteiger partial charge in [0.15, 0.2) is 0 Å². The number of nitrogens with one attached hydrogen (secondary N) is 1. The average Bonchev–Trinajstić information content (AvgIpc) is 2.95. The van der Waals surface area contributed by atoms with Crippen molar-refractivity contribution in [3.05, 3.63) is 0 Å². The molecule has 0 aliphatic carbocycles. The van der Waals surface area contributed by atoms with E-state index in [0.717, 1.165) is 31.2 Å². The molecule has 4 heteroatoms. The third-order valence-corrected chi connectivity index (χ3v) is 7.03. The highest BCUT2D eigenvalue weighted by molar-refractivity contribution is 7.99. The highest BCUT2D eigenvalue weighted by atomic mass is 32.2. The molecule has 3 fully saturated rings. The lowest BCUT2D eigenvalue weighted by atomic mass is 9.85. The van der Waals surface area contributed by atoms with Crippen LogP contribution in [0.15, 0.2) is 0 Å². The maximum absolute atomic E-state index is 6.20. The standard InChI is InChI=1S/C17H32N2OS/c1-3-14-12-19(8-5-16(14)18-4-2)15-6-9-20-17(11-15)7-10-21-13-17/h14-16,18H,3-13H2,1-2H3. The lowest BCUT2D eigenvalue weighted by Gasteiger charge is -2.47. The van der Waals surface area contributed by atoms with Crippen molar-refractivity contribution in [2.75, 3.05) is 37.7 Å². The summed E-state index contributed by atoms with van der Waals surface area (Å²) in [5.41, 5.74) is 0.230. The molecule has 0 saturated carbocycles. The largest absolute Gasteiger partial charge is 0.374 e. The van der Waals surface area contributed by atoms with Crippen LogP contribution in [0.25, 0.3) is 0 Å². The molecule has 3 rings (SSSR count). The number of piperidine rings is 1. The topological polar surface area (TPSA) is 24.5 Å². The fraction of sp³-hybridized carbons (Fsp3) is 1.00. The molecule has 0 radical (unpaired) electrons. The molecule has 0 bridgehead atoms. The molecule has 3 nitrogen and oxygen atoms in total. The quantitative estimate of drug-likeness (QED) is 0.863. The van der Waals surface area contributed by atoms with Crippen molar-refractivity contribution < 1.29 is 4.74 Å². The van der Waals surface area contributed by atoms with Crippen molar-refractivity contribution in [2.45, 2.75) is 63.6 Å². The Morgan fingerprint density at radius 3 is 2.95 bits per heavy atom. The summed E-state index contributed by atoms with van der Waals surface area (Å²) in [4.78, 5) is 2.80. The molecule has 1 N–H and O–H groups in total. The van der Waals surface area contributed by atoms with Crippen molar-refractivity contribution in [3.63, 3.8) is 0 Å². The second kappa shape index (κ2) is 7.20. The molecule has 3 heterocycles. The summed E-state index contributed by atoms with van der Waals surface area (Å²) < 4.78 is 6.20. The zero-order chi connectivity index (χ0) is 14.7. The second-order valence-corrected chi connectivity index (χ2v) is 8.20. The van der Waals surface area contributed by atoms with Gasteiger partial charge in [-0.25, -0.2) is 0 Å². The van der Waals surface area contributed by atoms with Gasteiger partial charge in [-0.05, 0) is 50.4 Å². The highest BCUT2D eigenvalue weighted by Crippen LogP contribution is 2.40. The van der Waals surface area contributed by atoms with E-state index in [4.69, 9.17) is 4.74 Å². The van der Waals surface area contributed by atoms with Gasteiger partial charge in [-0.1, -0.05) is 20.3 Å². The van der Waals surface area contributed by atoms with E-state index in [1.54, 1.807) is 0 Å². The number of nitrogens with zero attached hydrogens (tertiary/aromatic N) is 1. The van der Waals surface area contributed by atoms with Gasteiger partial charge in [0.1, 0.15) is 0 Å². The fourth-order valence-corrected chi connectivity index (χ4v) is 5.89. The zero-order valence-electron chi connectivity index (χ0n) is 13.8. The van der Waals surface area contributed by atoms with Gasteiger partial charge in [-0.3, -0.25) is 4.90 Å². The third-order valence-electron chi connectivity index (χ3n) is 5.81. The molecule has 4 atom stereocenters. The number of hydrogen-bond acceptors (Lipinski definition) is 4. The van der Waals surface area contributed by atoms with Crippen LogP contribution in [-0.2, 0) is 4.74 Å². The van der Waals surface area contributed by atoms with Crippen molar-refractivity contribution >= 4 is 11.8 Å². The molecular formula is C17H32N2OS. The van der Waals surface area contributed by atoms with Gasteiger partial charge in [-0.15, -0.1) is 0 Å². The van der Waals surface area contributed by atoms with E-state index >= 15 is 0 Å². The van der Waals surface area contributed by atoms with Crippen molar-refractivity contribution in [2.24, 2.45) is 5.92 Å². The number of thioether (sulfide) groups is 1. The normalized spacial score (nSPS) is 41.7. The summed E-state index contributed by atoms with van der Waals surface area (Å²) in [6, 6.07) is 1.51. The molecule has 4 unspecified atom stereocenters. The zero-order valence-corrected chi connectivity index (χ0v) is 14.6. The van der Waals surface area contributed by atoms with Crippen LogP contribution in [0.3, 0.4) is 0 Å². The Labute approximate surface area is 134 Å². The summed E-state index contributed by atoms with van der Waals surface area (Å²) in [7, 11) is 0. The molecule has 21 heavy (non-hydrogen) atoms. The third kappa shape index (κ3) is 3.60. The van der Waals surface area contributed by atoms with Gasteiger partial charge in [0.25, 0.3) is 0 Å². The van der Waals surface area contributed by atoms with E-state index in [1.165, 1.54) is 56.7 Å². The van der Waals surface area contributed by atoms with Crippen LogP contribution in [-0.4, -0.2) is 60.3 Å². The van der Waals surface area contributed by atoms with E-state index < -0.39 is 0 Å². The van der Waals surface area contributed by atoms with Gasteiger partial charge in [0.05, 0.1) is 5.60 Å². The molecular weight excluding hydrogens is 280 g/mol. The minimum absolute atomic E-state index is 0.230. The first-order valence-corrected chi connectivity index (χ1v) is 10.1. The Balaban J connectivity index is 1.59. The maximum Gasteiger partial charge on any atom is 0.0795 e. The van der Waals surface area contributed by atoms with E-state index in [-0.39, 0.29) is 5.60 Å². The van der Waals surface area contributed by atoms with Crippen LogP contribution >= 0.6 is 11.8 Å². The van der Waals surface area contributed by atoms with Crippen LogP contribution in [0.5, 0.6) is 0 Å². The molecule has 122 valence electrons. The fourth-order valence-electron chi connectivity index (χ4n) is 4.51. The maximum atomic E-state index is 6.20. The first-order valence-electron chi connectivity index (χ1n) is 8.95. The Morgan fingerprint density at radius 1 is 1.33 bits per heavy atom. The van der Waals surface area contributed by atoms with E-state index in [0.29, 0.717) is 0 Å². The van der Waals surface area contributed by atoms with Crippen LogP contribution in [0.1, 0.15) is 46.0 Å². The van der Waals surface area contributed by atoms with Crippen molar-refractivity contribution in [1.82, 2.24) is 10.2 Å². The molecule has 0 aromatic heterocycles. The Morgan fingerprint density at radius 2 is 2.24 bits per heavy atom. The van der Waals surface area contributed by atoms with E-state index in [9.17, 15) is 0 Å². The van der Waals surface area contributed by atoms with Gasteiger partial charge >= 0.3 is 0 Å². The number of hydrogen-bond donors (Lipinski definition) is 1. The monoisotopic (exact) mass is 312 g/mol. The Bertz CT molecular complexity index is 333. The van der Waals surface area contributed by atoms with Crippen molar-refractivity contribution in [3.8, 4) is 0 Å². The highest BCUT2D eigenvalue weighted by Gasteiger charge is 2.43. The first kappa shape index (κ1) is 16.1. The van der Waals surface area contributed by atoms with Crippen LogP contribution < -0.4 is 5.32 Å². The summed E-state index contributed by atoms with van der Waals surface area (Å²) in [6.45, 7) is 9.26. The number of likely N-dealkylation sites (tertiary alicyclic amines) is 1. The lowest BCUT2D eigenvalue weighted by Crippen LogP contribution is -2.55. The van der Waals surface area contributed by atoms with Gasteiger partial charge in [-0.2, -0.15) is 11.8 Å². The molecule has 0 aromatic rings.